The van der Waals surface area contributed by atoms with Gasteiger partial charge in [0.25, 0.3) is 5.91 Å². The molecule has 4 rings (SSSR count). The van der Waals surface area contributed by atoms with Gasteiger partial charge in [-0.25, -0.2) is 0 Å². The highest BCUT2D eigenvalue weighted by atomic mass is 16.5. The maximum Gasteiger partial charge on any atom is 0.257 e. The molecule has 1 aliphatic carbocycles. The first-order valence-electron chi connectivity index (χ1n) is 8.49. The van der Waals surface area contributed by atoms with E-state index in [1.165, 1.54) is 11.1 Å². The van der Waals surface area contributed by atoms with Crippen LogP contribution in [0.5, 0.6) is 0 Å². The van der Waals surface area contributed by atoms with Crippen LogP contribution in [0.1, 0.15) is 46.1 Å². The number of hydrogen-bond donors (Lipinski definition) is 1. The molecule has 5 nitrogen and oxygen atoms in total. The Morgan fingerprint density at radius 2 is 2.12 bits per heavy atom. The standard InChI is InChI=1S/C20H19N3O2/c1-13-18(19(25-23-13)15-8-5-11-21-12-15)20(24)22-17-10-4-7-14-6-2-3-9-16(14)17/h2-3,5-6,8-9,11-12,17H,4,7,10H2,1H3,(H,22,24). The molecule has 0 saturated carbocycles. The Morgan fingerprint density at radius 3 is 2.96 bits per heavy atom. The number of benzene rings is 1. The van der Waals surface area contributed by atoms with Crippen LogP contribution in [0.2, 0.25) is 0 Å². The minimum Gasteiger partial charge on any atom is -0.355 e. The van der Waals surface area contributed by atoms with E-state index >= 15 is 0 Å². The van der Waals surface area contributed by atoms with Gasteiger partial charge in [-0.15, -0.1) is 0 Å². The third-order valence-electron chi connectivity index (χ3n) is 4.69. The molecule has 5 heteroatoms. The number of carbonyl (C=O) groups is 1. The summed E-state index contributed by atoms with van der Waals surface area (Å²) in [4.78, 5) is 17.1. The SMILES string of the molecule is Cc1noc(-c2cccnc2)c1C(=O)NC1CCCc2ccccc21. The fraction of sp³-hybridized carbons (Fsp3) is 0.250. The lowest BCUT2D eigenvalue weighted by molar-refractivity contribution is 0.0932. The van der Waals surface area contributed by atoms with Crippen molar-refractivity contribution in [2.45, 2.75) is 32.2 Å². The summed E-state index contributed by atoms with van der Waals surface area (Å²) in [6.07, 6.45) is 6.43. The zero-order valence-corrected chi connectivity index (χ0v) is 14.0. The van der Waals surface area contributed by atoms with E-state index in [1.54, 1.807) is 19.3 Å². The van der Waals surface area contributed by atoms with Gasteiger partial charge in [-0.1, -0.05) is 29.4 Å². The van der Waals surface area contributed by atoms with Gasteiger partial charge in [0.05, 0.1) is 11.7 Å². The van der Waals surface area contributed by atoms with Crippen molar-refractivity contribution < 1.29 is 9.32 Å². The largest absolute Gasteiger partial charge is 0.355 e. The summed E-state index contributed by atoms with van der Waals surface area (Å²) in [5.41, 5.74) is 4.33. The lowest BCUT2D eigenvalue weighted by Crippen LogP contribution is -2.31. The number of fused-ring (bicyclic) bond motifs is 1. The topological polar surface area (TPSA) is 68.0 Å². The van der Waals surface area contributed by atoms with Crippen LogP contribution < -0.4 is 5.32 Å². The first-order chi connectivity index (χ1) is 12.2. The van der Waals surface area contributed by atoms with Crippen molar-refractivity contribution in [3.63, 3.8) is 0 Å². The van der Waals surface area contributed by atoms with Gasteiger partial charge in [-0.05, 0) is 49.4 Å². The Bertz CT molecular complexity index is 902. The summed E-state index contributed by atoms with van der Waals surface area (Å²) in [7, 11) is 0. The monoisotopic (exact) mass is 333 g/mol. The average molecular weight is 333 g/mol. The quantitative estimate of drug-likeness (QED) is 0.790. The summed E-state index contributed by atoms with van der Waals surface area (Å²) in [5, 5.41) is 7.16. The van der Waals surface area contributed by atoms with Crippen molar-refractivity contribution in [3.05, 3.63) is 71.2 Å². The molecule has 3 aromatic rings. The fourth-order valence-corrected chi connectivity index (χ4v) is 3.47. The summed E-state index contributed by atoms with van der Waals surface area (Å²) in [6.45, 7) is 1.78. The molecule has 0 spiro atoms. The summed E-state index contributed by atoms with van der Waals surface area (Å²) in [6, 6.07) is 12.0. The van der Waals surface area contributed by atoms with Gasteiger partial charge in [0.15, 0.2) is 5.76 Å². The van der Waals surface area contributed by atoms with Gasteiger partial charge < -0.3 is 9.84 Å². The first-order valence-corrected chi connectivity index (χ1v) is 8.49. The number of hydrogen-bond acceptors (Lipinski definition) is 4. The smallest absolute Gasteiger partial charge is 0.257 e. The van der Waals surface area contributed by atoms with E-state index in [9.17, 15) is 4.79 Å². The Morgan fingerprint density at radius 1 is 1.24 bits per heavy atom. The third-order valence-corrected chi connectivity index (χ3v) is 4.69. The molecule has 2 aromatic heterocycles. The number of amides is 1. The molecular formula is C20H19N3O2. The molecule has 1 unspecified atom stereocenters. The molecule has 0 fully saturated rings. The van der Waals surface area contributed by atoms with Crippen LogP contribution in [-0.4, -0.2) is 16.0 Å². The molecule has 0 radical (unpaired) electrons. The number of nitrogens with one attached hydrogen (secondary N) is 1. The minimum atomic E-state index is -0.153. The molecule has 0 saturated heterocycles. The van der Waals surface area contributed by atoms with Crippen LogP contribution in [0.3, 0.4) is 0 Å². The van der Waals surface area contributed by atoms with Crippen LogP contribution in [-0.2, 0) is 6.42 Å². The molecule has 1 atom stereocenters. The number of rotatable bonds is 3. The molecule has 0 aliphatic heterocycles. The van der Waals surface area contributed by atoms with Gasteiger partial charge >= 0.3 is 0 Å². The van der Waals surface area contributed by atoms with E-state index < -0.39 is 0 Å². The zero-order chi connectivity index (χ0) is 17.2. The molecule has 126 valence electrons. The normalized spacial score (nSPS) is 16.3. The van der Waals surface area contributed by atoms with E-state index in [-0.39, 0.29) is 11.9 Å². The van der Waals surface area contributed by atoms with Crippen LogP contribution in [0.25, 0.3) is 11.3 Å². The second-order valence-electron chi connectivity index (χ2n) is 6.33. The van der Waals surface area contributed by atoms with Gasteiger partial charge in [0.2, 0.25) is 0 Å². The van der Waals surface area contributed by atoms with Crippen molar-refractivity contribution in [2.75, 3.05) is 0 Å². The van der Waals surface area contributed by atoms with Gasteiger partial charge in [-0.2, -0.15) is 0 Å². The van der Waals surface area contributed by atoms with Crippen molar-refractivity contribution in [1.29, 1.82) is 0 Å². The molecule has 0 bridgehead atoms. The molecule has 2 heterocycles. The lowest BCUT2D eigenvalue weighted by Gasteiger charge is -2.26. The first kappa shape index (κ1) is 15.6. The Hall–Kier alpha value is -2.95. The van der Waals surface area contributed by atoms with Crippen molar-refractivity contribution >= 4 is 5.91 Å². The van der Waals surface area contributed by atoms with Crippen LogP contribution >= 0.6 is 0 Å². The summed E-state index contributed by atoms with van der Waals surface area (Å²) >= 11 is 0. The molecule has 1 N–H and O–H groups in total. The molecular weight excluding hydrogens is 314 g/mol. The molecule has 25 heavy (non-hydrogen) atoms. The van der Waals surface area contributed by atoms with Crippen LogP contribution in [0.4, 0.5) is 0 Å². The summed E-state index contributed by atoms with van der Waals surface area (Å²) in [5.74, 6) is 0.312. The van der Waals surface area contributed by atoms with Crippen LogP contribution in [0.15, 0.2) is 53.3 Å². The number of pyridine rings is 1. The number of aryl methyl sites for hydroxylation is 2. The van der Waals surface area contributed by atoms with Crippen LogP contribution in [0, 0.1) is 6.92 Å². The van der Waals surface area contributed by atoms with E-state index in [4.69, 9.17) is 4.52 Å². The molecule has 1 aromatic carbocycles. The zero-order valence-electron chi connectivity index (χ0n) is 14.0. The van der Waals surface area contributed by atoms with E-state index in [2.05, 4.69) is 27.6 Å². The van der Waals surface area contributed by atoms with Gasteiger partial charge in [0, 0.05) is 18.0 Å². The van der Waals surface area contributed by atoms with Crippen molar-refractivity contribution in [1.82, 2.24) is 15.5 Å². The highest BCUT2D eigenvalue weighted by molar-refractivity contribution is 6.00. The Balaban J connectivity index is 1.64. The second kappa shape index (κ2) is 6.51. The lowest BCUT2D eigenvalue weighted by atomic mass is 9.87. The van der Waals surface area contributed by atoms with Crippen molar-refractivity contribution in [3.8, 4) is 11.3 Å². The van der Waals surface area contributed by atoms with Gasteiger partial charge in [-0.3, -0.25) is 9.78 Å². The van der Waals surface area contributed by atoms with E-state index in [1.807, 2.05) is 24.3 Å². The average Bonchev–Trinajstić information content (AvgIpc) is 3.04. The Labute approximate surface area is 146 Å². The van der Waals surface area contributed by atoms with Gasteiger partial charge in [0.1, 0.15) is 5.56 Å². The number of carbonyl (C=O) groups excluding carboxylic acids is 1. The Kier molecular flexibility index (Phi) is 4.06. The van der Waals surface area contributed by atoms with Crippen molar-refractivity contribution in [2.24, 2.45) is 0 Å². The number of nitrogens with zero attached hydrogens (tertiary/aromatic N) is 2. The highest BCUT2D eigenvalue weighted by Crippen LogP contribution is 2.31. The minimum absolute atomic E-state index is 0.0218. The predicted molar refractivity (Wildman–Crippen MR) is 94.1 cm³/mol. The predicted octanol–water partition coefficient (Wildman–Crippen LogP) is 3.85. The maximum atomic E-state index is 13.0. The third kappa shape index (κ3) is 2.93. The molecule has 1 aliphatic rings. The fourth-order valence-electron chi connectivity index (χ4n) is 3.47. The second-order valence-corrected chi connectivity index (χ2v) is 6.33. The number of aromatic nitrogens is 2. The molecule has 1 amide bonds. The summed E-state index contributed by atoms with van der Waals surface area (Å²) < 4.78 is 5.41. The van der Waals surface area contributed by atoms with E-state index in [0.717, 1.165) is 24.8 Å². The maximum absolute atomic E-state index is 13.0. The highest BCUT2D eigenvalue weighted by Gasteiger charge is 2.26. The van der Waals surface area contributed by atoms with E-state index in [0.29, 0.717) is 17.0 Å².